The maximum atomic E-state index is 13.7. The van der Waals surface area contributed by atoms with E-state index in [-0.39, 0.29) is 50.4 Å². The number of esters is 2. The van der Waals surface area contributed by atoms with Gasteiger partial charge in [-0.05, 0) is 74.0 Å². The Morgan fingerprint density at radius 1 is 0.750 bits per heavy atom. The number of halogens is 2. The predicted molar refractivity (Wildman–Crippen MR) is 186 cm³/mol. The van der Waals surface area contributed by atoms with Crippen LogP contribution in [0.25, 0.3) is 0 Å². The van der Waals surface area contributed by atoms with Crippen LogP contribution in [0.5, 0.6) is 17.2 Å². The first kappa shape index (κ1) is 36.1. The number of benzene rings is 3. The largest absolute Gasteiger partial charge is 0.487 e. The number of β-lactam (4-membered cyclic amide) rings is 1. The van der Waals surface area contributed by atoms with Crippen LogP contribution in [0.3, 0.4) is 0 Å². The predicted octanol–water partition coefficient (Wildman–Crippen LogP) is 5.00. The Bertz CT molecular complexity index is 2020. The summed E-state index contributed by atoms with van der Waals surface area (Å²) in [6.07, 6.45) is 2.34. The topological polar surface area (TPSA) is 162 Å². The van der Waals surface area contributed by atoms with Crippen molar-refractivity contribution in [1.29, 1.82) is 0 Å². The quantitative estimate of drug-likeness (QED) is 0.0983. The lowest BCUT2D eigenvalue weighted by Gasteiger charge is -2.46. The minimum atomic E-state index is -0.881. The summed E-state index contributed by atoms with van der Waals surface area (Å²) in [5.74, 6) is 0.338. The molecule has 0 spiro atoms. The molecule has 5 aromatic rings. The number of hydrogen-bond donors (Lipinski definition) is 0. The lowest BCUT2D eigenvalue weighted by atomic mass is 9.89. The number of rotatable bonds is 16. The van der Waals surface area contributed by atoms with Gasteiger partial charge in [0.25, 0.3) is 5.91 Å². The van der Waals surface area contributed by atoms with Crippen LogP contribution in [-0.2, 0) is 50.2 Å². The van der Waals surface area contributed by atoms with Gasteiger partial charge in [0.15, 0.2) is 0 Å². The van der Waals surface area contributed by atoms with Gasteiger partial charge in [-0.15, -0.1) is 10.2 Å². The van der Waals surface area contributed by atoms with Crippen LogP contribution in [-0.4, -0.2) is 67.2 Å². The van der Waals surface area contributed by atoms with Crippen LogP contribution in [0.4, 0.5) is 5.69 Å². The lowest BCUT2D eigenvalue weighted by Crippen LogP contribution is -2.61. The fraction of sp³-hybridized carbons (Fsp3) is 0.286. The smallest absolute Gasteiger partial charge is 0.327 e. The second-order valence-electron chi connectivity index (χ2n) is 11.3. The van der Waals surface area contributed by atoms with Crippen LogP contribution in [0, 0.1) is 0 Å². The van der Waals surface area contributed by atoms with Gasteiger partial charge in [0.05, 0.1) is 30.6 Å². The van der Waals surface area contributed by atoms with E-state index in [0.717, 1.165) is 5.56 Å². The average molecular weight is 751 g/mol. The van der Waals surface area contributed by atoms with Crippen LogP contribution < -0.4 is 19.1 Å². The summed E-state index contributed by atoms with van der Waals surface area (Å²) in [7, 11) is 0. The van der Waals surface area contributed by atoms with E-state index in [1.54, 1.807) is 85.7 Å². The van der Waals surface area contributed by atoms with Crippen molar-refractivity contribution in [3.05, 3.63) is 106 Å². The van der Waals surface area contributed by atoms with E-state index in [1.807, 2.05) is 12.1 Å². The summed E-state index contributed by atoms with van der Waals surface area (Å²) >= 11 is 12.5. The van der Waals surface area contributed by atoms with Crippen LogP contribution in [0.15, 0.2) is 79.1 Å². The van der Waals surface area contributed by atoms with E-state index in [9.17, 15) is 14.4 Å². The minimum Gasteiger partial charge on any atom is -0.487 e. The molecular formula is C35H33Cl2N7O8. The fourth-order valence-corrected chi connectivity index (χ4v) is 5.77. The van der Waals surface area contributed by atoms with Gasteiger partial charge in [0.2, 0.25) is 6.10 Å². The average Bonchev–Trinajstić information content (AvgIpc) is 3.78. The molecule has 2 atom stereocenters. The molecule has 0 bridgehead atoms. The molecule has 1 amide bonds. The second kappa shape index (κ2) is 16.6. The van der Waals surface area contributed by atoms with Crippen molar-refractivity contribution in [3.8, 4) is 17.2 Å². The minimum absolute atomic E-state index is 0.0455. The molecule has 270 valence electrons. The zero-order valence-corrected chi connectivity index (χ0v) is 29.6. The summed E-state index contributed by atoms with van der Waals surface area (Å²) in [6.45, 7) is 4.18. The molecule has 6 rings (SSSR count). The molecule has 2 aromatic heterocycles. The van der Waals surface area contributed by atoms with Gasteiger partial charge >= 0.3 is 11.9 Å². The maximum absolute atomic E-state index is 13.7. The molecule has 17 heteroatoms. The Hall–Kier alpha value is -5.67. The number of ether oxygens (including phenoxy) is 5. The number of carbonyl (C=O) groups excluding carboxylic acids is 3. The van der Waals surface area contributed by atoms with Gasteiger partial charge in [0, 0.05) is 10.7 Å². The van der Waals surface area contributed by atoms with Crippen molar-refractivity contribution < 1.29 is 38.1 Å². The van der Waals surface area contributed by atoms with Crippen molar-refractivity contribution in [2.75, 3.05) is 18.1 Å². The number of hydrogen-bond acceptors (Lipinski definition) is 12. The monoisotopic (exact) mass is 749 g/mol. The highest BCUT2D eigenvalue weighted by Crippen LogP contribution is 2.43. The highest BCUT2D eigenvalue weighted by molar-refractivity contribution is 6.35. The first-order valence-corrected chi connectivity index (χ1v) is 17.0. The summed E-state index contributed by atoms with van der Waals surface area (Å²) < 4.78 is 30.6. The maximum Gasteiger partial charge on any atom is 0.327 e. The van der Waals surface area contributed by atoms with E-state index in [4.69, 9.17) is 46.9 Å². The molecule has 1 fully saturated rings. The van der Waals surface area contributed by atoms with E-state index in [0.29, 0.717) is 39.3 Å². The summed E-state index contributed by atoms with van der Waals surface area (Å²) in [5, 5.41) is 16.7. The summed E-state index contributed by atoms with van der Waals surface area (Å²) in [5.41, 5.74) is 2.47. The fourth-order valence-electron chi connectivity index (χ4n) is 5.32. The third-order valence-corrected chi connectivity index (χ3v) is 8.20. The van der Waals surface area contributed by atoms with Crippen LogP contribution in [0.2, 0.25) is 10.0 Å². The second-order valence-corrected chi connectivity index (χ2v) is 12.2. The Kier molecular flexibility index (Phi) is 11.5. The molecule has 1 aliphatic heterocycles. The Balaban J connectivity index is 1.13. The molecule has 1 saturated heterocycles. The van der Waals surface area contributed by atoms with Crippen LogP contribution >= 0.6 is 23.2 Å². The van der Waals surface area contributed by atoms with E-state index in [1.165, 1.54) is 9.36 Å². The number of anilines is 1. The molecule has 0 radical (unpaired) electrons. The first-order valence-electron chi connectivity index (χ1n) is 16.2. The number of nitrogens with zero attached hydrogens (tertiary/aromatic N) is 7. The van der Waals surface area contributed by atoms with Crippen molar-refractivity contribution in [3.63, 3.8) is 0 Å². The highest BCUT2D eigenvalue weighted by Gasteiger charge is 2.51. The van der Waals surface area contributed by atoms with Crippen LogP contribution in [0.1, 0.15) is 36.8 Å². The molecule has 0 N–H and O–H groups in total. The van der Waals surface area contributed by atoms with Crippen molar-refractivity contribution in [2.24, 2.45) is 0 Å². The molecule has 0 saturated carbocycles. The molecule has 2 unspecified atom stereocenters. The van der Waals surface area contributed by atoms with Gasteiger partial charge in [-0.25, -0.2) is 9.36 Å². The molecule has 52 heavy (non-hydrogen) atoms. The van der Waals surface area contributed by atoms with Crippen molar-refractivity contribution >= 4 is 46.7 Å². The van der Waals surface area contributed by atoms with Gasteiger partial charge in [0.1, 0.15) is 61.0 Å². The van der Waals surface area contributed by atoms with Gasteiger partial charge < -0.3 is 23.7 Å². The zero-order valence-electron chi connectivity index (χ0n) is 28.1. The van der Waals surface area contributed by atoms with E-state index in [2.05, 4.69) is 20.6 Å². The molecule has 3 aromatic carbocycles. The first-order chi connectivity index (χ1) is 25.2. The summed E-state index contributed by atoms with van der Waals surface area (Å²) in [4.78, 5) is 38.7. The van der Waals surface area contributed by atoms with Gasteiger partial charge in [-0.3, -0.25) is 19.3 Å². The van der Waals surface area contributed by atoms with Crippen molar-refractivity contribution in [2.45, 2.75) is 52.3 Å². The SMILES string of the molecule is CCOC(=O)Cn1cc(COc2ccc(C3C(Oc4ccc(Cl)cc4Cl)C(=O)N3c3ccc(OCc4cn(CC(=O)OCC)nn4)cc3)cc2)nn1. The standard InChI is InChI=1S/C35H33Cl2N7O8/c1-3-48-31(45)18-42-16-24(38-40-42)20-50-27-10-5-22(6-11-27)33-34(52-30-14-7-23(36)15-29(30)37)35(47)44(33)26-8-12-28(13-9-26)51-21-25-17-43(41-39-25)19-32(46)49-4-2/h5-17,33-34H,3-4,18-21H2,1-2H3. The third kappa shape index (κ3) is 8.79. The number of amides is 1. The van der Waals surface area contributed by atoms with E-state index < -0.39 is 24.1 Å². The molecule has 0 aliphatic carbocycles. The Morgan fingerprint density at radius 3 is 1.81 bits per heavy atom. The highest BCUT2D eigenvalue weighted by atomic mass is 35.5. The zero-order chi connectivity index (χ0) is 36.6. The number of aromatic nitrogens is 6. The molecular weight excluding hydrogens is 717 g/mol. The van der Waals surface area contributed by atoms with Crippen molar-refractivity contribution in [1.82, 2.24) is 30.0 Å². The molecule has 3 heterocycles. The normalized spacial score (nSPS) is 15.2. The molecule has 1 aliphatic rings. The Labute approximate surface area is 307 Å². The van der Waals surface area contributed by atoms with Gasteiger partial charge in [-0.2, -0.15) is 0 Å². The molecule has 15 nitrogen and oxygen atoms in total. The summed E-state index contributed by atoms with van der Waals surface area (Å²) in [6, 6.07) is 18.6. The van der Waals surface area contributed by atoms with E-state index >= 15 is 0 Å². The third-order valence-electron chi connectivity index (χ3n) is 7.67. The lowest BCUT2D eigenvalue weighted by molar-refractivity contribution is -0.145. The van der Waals surface area contributed by atoms with Gasteiger partial charge in [-0.1, -0.05) is 45.8 Å². The Morgan fingerprint density at radius 2 is 1.29 bits per heavy atom. The number of carbonyl (C=O) groups is 3.